The Hall–Kier alpha value is -2.15. The largest absolute Gasteiger partial charge is 0.481 e. The lowest BCUT2D eigenvalue weighted by Gasteiger charge is -2.31. The first-order valence-electron chi connectivity index (χ1n) is 7.13. The van der Waals surface area contributed by atoms with Crippen molar-refractivity contribution >= 4 is 23.2 Å². The number of aromatic nitrogens is 2. The Bertz CT molecular complexity index is 645. The minimum absolute atomic E-state index is 0.103. The van der Waals surface area contributed by atoms with Gasteiger partial charge in [-0.25, -0.2) is 0 Å². The molecule has 0 aliphatic heterocycles. The second-order valence-corrected chi connectivity index (χ2v) is 6.10. The first-order chi connectivity index (χ1) is 10.5. The molecule has 0 aromatic carbocycles. The lowest BCUT2D eigenvalue weighted by Crippen LogP contribution is -2.49. The molecule has 22 heavy (non-hydrogen) atoms. The molecule has 1 amide bonds. The van der Waals surface area contributed by atoms with Gasteiger partial charge in [0.2, 0.25) is 0 Å². The molecule has 2 aromatic heterocycles. The molecule has 0 unspecified atom stereocenters. The first kappa shape index (κ1) is 16.2. The van der Waals surface area contributed by atoms with Gasteiger partial charge in [0.05, 0.1) is 22.5 Å². The summed E-state index contributed by atoms with van der Waals surface area (Å²) < 4.78 is 0. The van der Waals surface area contributed by atoms with E-state index in [4.69, 9.17) is 5.11 Å². The lowest BCUT2D eigenvalue weighted by molar-refractivity contribution is -0.138. The molecule has 6 nitrogen and oxygen atoms in total. The third-order valence-electron chi connectivity index (χ3n) is 3.82. The molecule has 118 valence electrons. The summed E-state index contributed by atoms with van der Waals surface area (Å²) in [7, 11) is 0. The Balaban J connectivity index is 2.15. The summed E-state index contributed by atoms with van der Waals surface area (Å²) in [6, 6.07) is 5.54. The van der Waals surface area contributed by atoms with Crippen LogP contribution in [0.1, 0.15) is 43.6 Å². The number of H-pyrrole nitrogens is 1. The van der Waals surface area contributed by atoms with E-state index in [0.29, 0.717) is 12.8 Å². The van der Waals surface area contributed by atoms with Gasteiger partial charge in [0, 0.05) is 0 Å². The minimum atomic E-state index is -0.926. The van der Waals surface area contributed by atoms with Gasteiger partial charge in [-0.05, 0) is 30.4 Å². The fraction of sp³-hybridized carbons (Fsp3) is 0.400. The minimum Gasteiger partial charge on any atom is -0.481 e. The number of hydrogen-bond donors (Lipinski definition) is 3. The summed E-state index contributed by atoms with van der Waals surface area (Å²) in [5.41, 5.74) is 0.294. The fourth-order valence-electron chi connectivity index (χ4n) is 2.31. The van der Waals surface area contributed by atoms with Crippen LogP contribution in [0.15, 0.2) is 23.6 Å². The molecule has 0 aliphatic carbocycles. The van der Waals surface area contributed by atoms with E-state index in [1.807, 2.05) is 31.4 Å². The number of hydrogen-bond acceptors (Lipinski definition) is 4. The Kier molecular flexibility index (Phi) is 4.97. The summed E-state index contributed by atoms with van der Waals surface area (Å²) >= 11 is 1.55. The number of aliphatic carboxylic acids is 1. The quantitative estimate of drug-likeness (QED) is 0.730. The standard InChI is InChI=1S/C15H19N3O3S/c1-3-15(4-2,9-13(19)20)16-14(21)11-8-10(17-18-11)12-6-5-7-22-12/h5-8H,3-4,9H2,1-2H3,(H,16,21)(H,17,18)(H,19,20). The van der Waals surface area contributed by atoms with Crippen molar-refractivity contribution in [3.8, 4) is 10.6 Å². The van der Waals surface area contributed by atoms with Gasteiger partial charge in [0.15, 0.2) is 5.69 Å². The fourth-order valence-corrected chi connectivity index (χ4v) is 3.00. The molecule has 2 heterocycles. The number of thiophene rings is 1. The molecule has 0 aliphatic rings. The highest BCUT2D eigenvalue weighted by molar-refractivity contribution is 7.13. The second-order valence-electron chi connectivity index (χ2n) is 5.16. The Morgan fingerprint density at radius 1 is 1.41 bits per heavy atom. The first-order valence-corrected chi connectivity index (χ1v) is 8.01. The van der Waals surface area contributed by atoms with Crippen molar-refractivity contribution in [1.29, 1.82) is 0 Å². The third-order valence-corrected chi connectivity index (χ3v) is 4.72. The van der Waals surface area contributed by atoms with Crippen LogP contribution in [-0.2, 0) is 4.79 Å². The van der Waals surface area contributed by atoms with Crippen molar-refractivity contribution in [3.63, 3.8) is 0 Å². The van der Waals surface area contributed by atoms with Crippen molar-refractivity contribution in [2.45, 2.75) is 38.6 Å². The van der Waals surface area contributed by atoms with Crippen molar-refractivity contribution in [2.24, 2.45) is 0 Å². The molecular formula is C15H19N3O3S. The van der Waals surface area contributed by atoms with Gasteiger partial charge in [-0.1, -0.05) is 19.9 Å². The third kappa shape index (κ3) is 3.54. The maximum atomic E-state index is 12.4. The Morgan fingerprint density at radius 2 is 2.14 bits per heavy atom. The summed E-state index contributed by atoms with van der Waals surface area (Å²) in [5, 5.41) is 20.7. The number of nitrogens with zero attached hydrogens (tertiary/aromatic N) is 1. The SMILES string of the molecule is CCC(CC)(CC(=O)O)NC(=O)c1cc(-c2cccs2)[nH]n1. The van der Waals surface area contributed by atoms with Crippen molar-refractivity contribution in [1.82, 2.24) is 15.5 Å². The van der Waals surface area contributed by atoms with Crippen LogP contribution in [0.2, 0.25) is 0 Å². The van der Waals surface area contributed by atoms with Crippen LogP contribution < -0.4 is 5.32 Å². The molecule has 2 rings (SSSR count). The molecule has 0 atom stereocenters. The lowest BCUT2D eigenvalue weighted by atomic mass is 9.89. The average molecular weight is 321 g/mol. The number of nitrogens with one attached hydrogen (secondary N) is 2. The molecule has 0 saturated heterocycles. The van der Waals surface area contributed by atoms with E-state index in [2.05, 4.69) is 15.5 Å². The molecule has 0 spiro atoms. The summed E-state index contributed by atoms with van der Waals surface area (Å²) in [4.78, 5) is 24.4. The maximum absolute atomic E-state index is 12.4. The number of carboxylic acids is 1. The zero-order valence-corrected chi connectivity index (χ0v) is 13.4. The number of rotatable bonds is 7. The normalized spacial score (nSPS) is 11.4. The zero-order valence-electron chi connectivity index (χ0n) is 12.5. The molecular weight excluding hydrogens is 302 g/mol. The van der Waals surface area contributed by atoms with E-state index >= 15 is 0 Å². The van der Waals surface area contributed by atoms with Gasteiger partial charge in [0.1, 0.15) is 0 Å². The van der Waals surface area contributed by atoms with Crippen molar-refractivity contribution in [3.05, 3.63) is 29.3 Å². The van der Waals surface area contributed by atoms with E-state index < -0.39 is 11.5 Å². The van der Waals surface area contributed by atoms with Crippen LogP contribution >= 0.6 is 11.3 Å². The number of aromatic amines is 1. The van der Waals surface area contributed by atoms with Crippen molar-refractivity contribution < 1.29 is 14.7 Å². The van der Waals surface area contributed by atoms with Gasteiger partial charge >= 0.3 is 5.97 Å². The molecule has 0 saturated carbocycles. The molecule has 0 fully saturated rings. The van der Waals surface area contributed by atoms with Crippen LogP contribution in [0, 0.1) is 0 Å². The number of carbonyl (C=O) groups excluding carboxylic acids is 1. The molecule has 0 bridgehead atoms. The Labute approximate surface area is 132 Å². The summed E-state index contributed by atoms with van der Waals surface area (Å²) in [5.74, 6) is -1.28. The maximum Gasteiger partial charge on any atom is 0.305 e. The molecule has 3 N–H and O–H groups in total. The zero-order chi connectivity index (χ0) is 16.2. The van der Waals surface area contributed by atoms with E-state index in [-0.39, 0.29) is 18.0 Å². The average Bonchev–Trinajstić information content (AvgIpc) is 3.16. The van der Waals surface area contributed by atoms with Crippen molar-refractivity contribution in [2.75, 3.05) is 0 Å². The van der Waals surface area contributed by atoms with Crippen LogP contribution in [0.5, 0.6) is 0 Å². The highest BCUT2D eigenvalue weighted by Crippen LogP contribution is 2.24. The van der Waals surface area contributed by atoms with Gasteiger partial charge in [-0.2, -0.15) is 5.10 Å². The Morgan fingerprint density at radius 3 is 2.68 bits per heavy atom. The highest BCUT2D eigenvalue weighted by atomic mass is 32.1. The molecule has 0 radical (unpaired) electrons. The van der Waals surface area contributed by atoms with E-state index in [0.717, 1.165) is 10.6 Å². The molecule has 7 heteroatoms. The predicted octanol–water partition coefficient (Wildman–Crippen LogP) is 2.90. The van der Waals surface area contributed by atoms with E-state index in [1.54, 1.807) is 17.4 Å². The predicted molar refractivity (Wildman–Crippen MR) is 84.9 cm³/mol. The monoisotopic (exact) mass is 321 g/mol. The summed E-state index contributed by atoms with van der Waals surface area (Å²) in [6.07, 6.45) is 0.988. The van der Waals surface area contributed by atoms with Crippen LogP contribution in [-0.4, -0.2) is 32.7 Å². The second kappa shape index (κ2) is 6.74. The molecule has 2 aromatic rings. The number of carboxylic acid groups (broad SMARTS) is 1. The van der Waals surface area contributed by atoms with Crippen LogP contribution in [0.25, 0.3) is 10.6 Å². The van der Waals surface area contributed by atoms with Gasteiger partial charge in [-0.15, -0.1) is 11.3 Å². The van der Waals surface area contributed by atoms with Gasteiger partial charge in [0.25, 0.3) is 5.91 Å². The van der Waals surface area contributed by atoms with E-state index in [1.165, 1.54) is 0 Å². The number of amides is 1. The van der Waals surface area contributed by atoms with Gasteiger partial charge in [-0.3, -0.25) is 14.7 Å². The van der Waals surface area contributed by atoms with Gasteiger partial charge < -0.3 is 10.4 Å². The van der Waals surface area contributed by atoms with Crippen LogP contribution in [0.4, 0.5) is 0 Å². The van der Waals surface area contributed by atoms with Crippen LogP contribution in [0.3, 0.4) is 0 Å². The summed E-state index contributed by atoms with van der Waals surface area (Å²) in [6.45, 7) is 3.74. The van der Waals surface area contributed by atoms with E-state index in [9.17, 15) is 9.59 Å². The number of carbonyl (C=O) groups is 2. The highest BCUT2D eigenvalue weighted by Gasteiger charge is 2.31. The smallest absolute Gasteiger partial charge is 0.305 e. The topological polar surface area (TPSA) is 95.1 Å².